The molecule has 5 N–H and O–H groups in total. The van der Waals surface area contributed by atoms with E-state index in [1.165, 1.54) is 0 Å². The van der Waals surface area contributed by atoms with Crippen LogP contribution in [-0.4, -0.2) is 16.2 Å². The fourth-order valence-corrected chi connectivity index (χ4v) is 1.40. The Morgan fingerprint density at radius 2 is 2.27 bits per heavy atom. The van der Waals surface area contributed by atoms with E-state index in [1.807, 2.05) is 6.92 Å². The molecule has 0 aromatic heterocycles. The number of rotatable bonds is 4. The summed E-state index contributed by atoms with van der Waals surface area (Å²) in [6.07, 6.45) is -0.846. The predicted octanol–water partition coefficient (Wildman–Crippen LogP) is 0.653. The number of aryl methyl sites for hydroxylation is 1. The second-order valence-electron chi connectivity index (χ2n) is 3.15. The van der Waals surface area contributed by atoms with Crippen LogP contribution in [0.3, 0.4) is 0 Å². The van der Waals surface area contributed by atoms with Gasteiger partial charge in [0.05, 0.1) is 0 Å². The number of nitrogen functional groups attached to an aromatic ring is 1. The first-order valence-corrected chi connectivity index (χ1v) is 4.60. The zero-order valence-corrected chi connectivity index (χ0v) is 8.40. The quantitative estimate of drug-likeness (QED) is 0.432. The van der Waals surface area contributed by atoms with Crippen LogP contribution in [0.15, 0.2) is 18.2 Å². The van der Waals surface area contributed by atoms with Crippen LogP contribution >= 0.6 is 0 Å². The van der Waals surface area contributed by atoms with Crippen molar-refractivity contribution in [1.29, 1.82) is 0 Å². The number of carboxylic acids is 1. The molecule has 1 unspecified atom stereocenters. The average molecular weight is 210 g/mol. The van der Waals surface area contributed by atoms with E-state index in [1.54, 1.807) is 18.2 Å². The van der Waals surface area contributed by atoms with Crippen molar-refractivity contribution in [3.8, 4) is 0 Å². The summed E-state index contributed by atoms with van der Waals surface area (Å²) < 4.78 is 0. The molecule has 5 heteroatoms. The highest BCUT2D eigenvalue weighted by atomic mass is 16.4. The highest BCUT2D eigenvalue weighted by Gasteiger charge is 2.18. The van der Waals surface area contributed by atoms with Gasteiger partial charge in [-0.15, -0.1) is 0 Å². The summed E-state index contributed by atoms with van der Waals surface area (Å²) in [6, 6.07) is 4.91. The lowest BCUT2D eigenvalue weighted by molar-refractivity contribution is -0.147. The SMILES string of the molecule is CCc1cc(NN)ccc1C(O)C(=O)O. The van der Waals surface area contributed by atoms with E-state index in [0.29, 0.717) is 17.7 Å². The predicted molar refractivity (Wildman–Crippen MR) is 56.2 cm³/mol. The van der Waals surface area contributed by atoms with E-state index >= 15 is 0 Å². The van der Waals surface area contributed by atoms with Gasteiger partial charge in [0.15, 0.2) is 6.10 Å². The molecule has 0 aliphatic carbocycles. The maximum Gasteiger partial charge on any atom is 0.337 e. The molecule has 82 valence electrons. The van der Waals surface area contributed by atoms with Gasteiger partial charge in [-0.05, 0) is 29.7 Å². The number of nitrogens with two attached hydrogens (primary N) is 1. The number of aliphatic hydroxyl groups is 1. The molecule has 0 amide bonds. The second-order valence-corrected chi connectivity index (χ2v) is 3.15. The molecule has 5 nitrogen and oxygen atoms in total. The van der Waals surface area contributed by atoms with Crippen LogP contribution < -0.4 is 11.3 Å². The summed E-state index contributed by atoms with van der Waals surface area (Å²) in [5.41, 5.74) is 4.33. The van der Waals surface area contributed by atoms with E-state index in [0.717, 1.165) is 5.56 Å². The Balaban J connectivity index is 3.12. The molecule has 1 aromatic carbocycles. The number of aliphatic carboxylic acids is 1. The maximum atomic E-state index is 10.6. The zero-order chi connectivity index (χ0) is 11.4. The van der Waals surface area contributed by atoms with Crippen LogP contribution in [0, 0.1) is 0 Å². The molecule has 0 saturated heterocycles. The number of benzene rings is 1. The Labute approximate surface area is 87.5 Å². The molecule has 0 saturated carbocycles. The van der Waals surface area contributed by atoms with Crippen molar-refractivity contribution in [2.45, 2.75) is 19.4 Å². The molecule has 0 spiro atoms. The fourth-order valence-electron chi connectivity index (χ4n) is 1.40. The normalized spacial score (nSPS) is 12.2. The third-order valence-electron chi connectivity index (χ3n) is 2.22. The van der Waals surface area contributed by atoms with Crippen molar-refractivity contribution in [3.05, 3.63) is 29.3 Å². The summed E-state index contributed by atoms with van der Waals surface area (Å²) in [6.45, 7) is 1.88. The van der Waals surface area contributed by atoms with Gasteiger partial charge in [-0.25, -0.2) is 4.79 Å². The molecule has 1 aromatic rings. The minimum atomic E-state index is -1.48. The Morgan fingerprint density at radius 1 is 1.60 bits per heavy atom. The molecule has 0 radical (unpaired) electrons. The fraction of sp³-hybridized carbons (Fsp3) is 0.300. The van der Waals surface area contributed by atoms with Crippen molar-refractivity contribution < 1.29 is 15.0 Å². The van der Waals surface area contributed by atoms with Gasteiger partial charge in [0.2, 0.25) is 0 Å². The summed E-state index contributed by atoms with van der Waals surface area (Å²) in [5, 5.41) is 18.1. The van der Waals surface area contributed by atoms with Gasteiger partial charge in [-0.2, -0.15) is 0 Å². The lowest BCUT2D eigenvalue weighted by Crippen LogP contribution is -2.13. The molecule has 1 atom stereocenters. The van der Waals surface area contributed by atoms with Gasteiger partial charge in [0.1, 0.15) is 0 Å². The van der Waals surface area contributed by atoms with Crippen LogP contribution in [0.2, 0.25) is 0 Å². The van der Waals surface area contributed by atoms with Crippen LogP contribution in [0.1, 0.15) is 24.2 Å². The van der Waals surface area contributed by atoms with Gasteiger partial charge in [0, 0.05) is 5.69 Å². The monoisotopic (exact) mass is 210 g/mol. The third kappa shape index (κ3) is 2.45. The first-order valence-electron chi connectivity index (χ1n) is 4.60. The molecular weight excluding hydrogens is 196 g/mol. The highest BCUT2D eigenvalue weighted by molar-refractivity contribution is 5.75. The molecule has 0 aliphatic heterocycles. The van der Waals surface area contributed by atoms with Gasteiger partial charge in [-0.1, -0.05) is 13.0 Å². The Kier molecular flexibility index (Phi) is 3.65. The summed E-state index contributed by atoms with van der Waals surface area (Å²) in [5.74, 6) is 3.98. The van der Waals surface area contributed by atoms with E-state index < -0.39 is 12.1 Å². The lowest BCUT2D eigenvalue weighted by Gasteiger charge is -2.12. The van der Waals surface area contributed by atoms with Gasteiger partial charge in [-0.3, -0.25) is 5.84 Å². The molecule has 1 rings (SSSR count). The first-order chi connectivity index (χ1) is 7.10. The van der Waals surface area contributed by atoms with Crippen molar-refractivity contribution in [3.63, 3.8) is 0 Å². The van der Waals surface area contributed by atoms with Gasteiger partial charge < -0.3 is 15.6 Å². The maximum absolute atomic E-state index is 10.6. The Bertz CT molecular complexity index is 366. The summed E-state index contributed by atoms with van der Waals surface area (Å²) >= 11 is 0. The lowest BCUT2D eigenvalue weighted by atomic mass is 10.00. The van der Waals surface area contributed by atoms with Crippen LogP contribution in [0.5, 0.6) is 0 Å². The number of carbonyl (C=O) groups is 1. The third-order valence-corrected chi connectivity index (χ3v) is 2.22. The van der Waals surface area contributed by atoms with Crippen molar-refractivity contribution >= 4 is 11.7 Å². The number of hydrogen-bond donors (Lipinski definition) is 4. The van der Waals surface area contributed by atoms with E-state index in [2.05, 4.69) is 5.43 Å². The number of nitrogens with one attached hydrogen (secondary N) is 1. The highest BCUT2D eigenvalue weighted by Crippen LogP contribution is 2.22. The number of hydrogen-bond acceptors (Lipinski definition) is 4. The first kappa shape index (κ1) is 11.5. The minimum Gasteiger partial charge on any atom is -0.479 e. The zero-order valence-electron chi connectivity index (χ0n) is 8.40. The van der Waals surface area contributed by atoms with Crippen LogP contribution in [-0.2, 0) is 11.2 Å². The van der Waals surface area contributed by atoms with Crippen LogP contribution in [0.25, 0.3) is 0 Å². The molecule has 0 bridgehead atoms. The average Bonchev–Trinajstić information content (AvgIpc) is 2.27. The van der Waals surface area contributed by atoms with E-state index in [-0.39, 0.29) is 0 Å². The van der Waals surface area contributed by atoms with Crippen molar-refractivity contribution in [1.82, 2.24) is 0 Å². The van der Waals surface area contributed by atoms with Crippen molar-refractivity contribution in [2.75, 3.05) is 5.43 Å². The van der Waals surface area contributed by atoms with Crippen LogP contribution in [0.4, 0.5) is 5.69 Å². The largest absolute Gasteiger partial charge is 0.479 e. The molecule has 0 fully saturated rings. The number of aliphatic hydroxyl groups excluding tert-OH is 1. The Hall–Kier alpha value is -1.59. The summed E-state index contributed by atoms with van der Waals surface area (Å²) in [7, 11) is 0. The smallest absolute Gasteiger partial charge is 0.337 e. The van der Waals surface area contributed by atoms with E-state index in [9.17, 15) is 9.90 Å². The molecule has 0 heterocycles. The summed E-state index contributed by atoms with van der Waals surface area (Å²) in [4.78, 5) is 10.6. The molecule has 15 heavy (non-hydrogen) atoms. The molecular formula is C10H14N2O3. The minimum absolute atomic E-state index is 0.406. The topological polar surface area (TPSA) is 95.6 Å². The number of hydrazine groups is 1. The van der Waals surface area contributed by atoms with E-state index in [4.69, 9.17) is 10.9 Å². The standard InChI is InChI=1S/C10H14N2O3/c1-2-6-5-7(12-11)3-4-8(6)9(13)10(14)15/h3-5,9,12-13H,2,11H2,1H3,(H,14,15). The van der Waals surface area contributed by atoms with Gasteiger partial charge in [0.25, 0.3) is 0 Å². The number of anilines is 1. The molecule has 0 aliphatic rings. The second kappa shape index (κ2) is 4.77. The van der Waals surface area contributed by atoms with Crippen molar-refractivity contribution in [2.24, 2.45) is 5.84 Å². The Morgan fingerprint density at radius 3 is 2.73 bits per heavy atom. The van der Waals surface area contributed by atoms with Gasteiger partial charge >= 0.3 is 5.97 Å². The number of carboxylic acid groups (broad SMARTS) is 1.